The molecule has 33 valence electrons. The van der Waals surface area contributed by atoms with Crippen LogP contribution in [0.3, 0.4) is 0 Å². The Labute approximate surface area is 69.4 Å². The molecule has 1 N–H and O–H groups in total. The van der Waals surface area contributed by atoms with Gasteiger partial charge in [0.1, 0.15) is 10.5 Å². The summed E-state index contributed by atoms with van der Waals surface area (Å²) in [5.74, 6) is 0. The van der Waals surface area contributed by atoms with Crippen molar-refractivity contribution in [1.82, 2.24) is 0 Å². The van der Waals surface area contributed by atoms with Crippen molar-refractivity contribution in [2.75, 3.05) is 0 Å². The maximum atomic E-state index is 8.47. The molecule has 0 unspecified atom stereocenters. The molecular formula is H5NaO3SiV. The summed E-state index contributed by atoms with van der Waals surface area (Å²) in [7, 11) is 0.306. The van der Waals surface area contributed by atoms with Crippen molar-refractivity contribution in [3.05, 3.63) is 0 Å². The zero-order valence-corrected chi connectivity index (χ0v) is 9.11. The van der Waals surface area contributed by atoms with Crippen LogP contribution in [0, 0.1) is 0 Å². The van der Waals surface area contributed by atoms with Crippen LogP contribution in [0.2, 0.25) is 0 Å². The quantitative estimate of drug-likeness (QED) is 0.357. The first kappa shape index (κ1) is 15.7. The Balaban J connectivity index is -0.0000000105. The summed E-state index contributed by atoms with van der Waals surface area (Å²) in [5, 5.41) is 0. The Morgan fingerprint density at radius 3 is 1.50 bits per heavy atom. The van der Waals surface area contributed by atoms with Gasteiger partial charge in [0.25, 0.3) is 0 Å². The van der Waals surface area contributed by atoms with Crippen LogP contribution in [0.4, 0.5) is 0 Å². The van der Waals surface area contributed by atoms with Gasteiger partial charge in [-0.25, -0.2) is 0 Å². The zero-order valence-electron chi connectivity index (χ0n) is 4.71. The third-order valence-electron chi connectivity index (χ3n) is 0. The second-order valence-electron chi connectivity index (χ2n) is 0.0745. The third kappa shape index (κ3) is 55.0. The molecule has 0 amide bonds. The Morgan fingerprint density at radius 1 is 1.50 bits per heavy atom. The van der Waals surface area contributed by atoms with Crippen LogP contribution in [-0.2, 0) is 23.5 Å². The van der Waals surface area contributed by atoms with Gasteiger partial charge in [0, 0.05) is 0 Å². The third-order valence-corrected chi connectivity index (χ3v) is 0. The fraction of sp³-hybridized carbons (Fsp3) is 0. The van der Waals surface area contributed by atoms with Crippen LogP contribution in [0.1, 0.15) is 1.43 Å². The molecule has 3 nitrogen and oxygen atoms in total. The Hall–Kier alpha value is 1.36. The average molecular weight is 155 g/mol. The molecule has 6 heavy (non-hydrogen) atoms. The van der Waals surface area contributed by atoms with E-state index in [1.54, 1.807) is 0 Å². The topological polar surface area (TPSA) is 54.4 Å². The first-order chi connectivity index (χ1) is 2.41. The molecule has 0 saturated heterocycles. The van der Waals surface area contributed by atoms with Crippen LogP contribution in [0.5, 0.6) is 0 Å². The van der Waals surface area contributed by atoms with E-state index in [1.807, 2.05) is 0 Å². The summed E-state index contributed by atoms with van der Waals surface area (Å²) in [6.07, 6.45) is 0. The van der Waals surface area contributed by atoms with E-state index in [4.69, 9.17) is 12.1 Å². The van der Waals surface area contributed by atoms with Crippen molar-refractivity contribution in [1.29, 1.82) is 0 Å². The zero-order chi connectivity index (χ0) is 4.71. The molecular weight excluding hydrogens is 150 g/mol. The fourth-order valence-electron chi connectivity index (χ4n) is 0. The molecule has 6 heteroatoms. The van der Waals surface area contributed by atoms with Gasteiger partial charge in [-0.2, -0.15) is 0 Å². The van der Waals surface area contributed by atoms with Crippen LogP contribution < -0.4 is 29.6 Å². The van der Waals surface area contributed by atoms with E-state index in [9.17, 15) is 0 Å². The molecule has 0 rings (SSSR count). The van der Waals surface area contributed by atoms with Crippen molar-refractivity contribution < 1.29 is 59.3 Å². The van der Waals surface area contributed by atoms with Gasteiger partial charge in [-0.1, -0.05) is 0 Å². The van der Waals surface area contributed by atoms with Gasteiger partial charge in [0.15, 0.2) is 0 Å². The molecule has 0 fully saturated rings. The van der Waals surface area contributed by atoms with E-state index in [0.29, 0.717) is 10.5 Å². The summed E-state index contributed by atoms with van der Waals surface area (Å²) in [6.45, 7) is 0. The molecule has 0 aliphatic rings. The summed E-state index contributed by atoms with van der Waals surface area (Å²) >= 11 is -1.81. The molecule has 0 aromatic rings. The summed E-state index contributed by atoms with van der Waals surface area (Å²) < 4.78 is 16.9. The molecule has 0 bridgehead atoms. The van der Waals surface area contributed by atoms with Gasteiger partial charge in [0.05, 0.1) is 0 Å². The summed E-state index contributed by atoms with van der Waals surface area (Å²) in [4.78, 5) is 7.14. The minimum atomic E-state index is -1.81. The van der Waals surface area contributed by atoms with E-state index in [0.717, 1.165) is 0 Å². The normalized spacial score (nSPS) is 2.83. The molecule has 0 aromatic heterocycles. The van der Waals surface area contributed by atoms with Gasteiger partial charge < -0.3 is 6.22 Å². The molecule has 0 spiro atoms. The van der Waals surface area contributed by atoms with Crippen molar-refractivity contribution in [3.8, 4) is 0 Å². The molecule has 0 aliphatic heterocycles. The summed E-state index contributed by atoms with van der Waals surface area (Å²) in [5.41, 5.74) is 0. The van der Waals surface area contributed by atoms with Crippen molar-refractivity contribution in [3.63, 3.8) is 0 Å². The van der Waals surface area contributed by atoms with Crippen LogP contribution in [-0.4, -0.2) is 15.3 Å². The standard InChI is InChI=1S/Na.H4OSi.2O.V.H/c;1-2;;;;/h;1H,2H3;;;;/q+1;;;;;-1. The second-order valence-corrected chi connectivity index (χ2v) is 0.307. The number of hydrogen-bond acceptors (Lipinski definition) is 3. The molecule has 0 radical (unpaired) electrons. The minimum absolute atomic E-state index is 0. The van der Waals surface area contributed by atoms with E-state index < -0.39 is 16.2 Å². The predicted molar refractivity (Wildman–Crippen MR) is 14.6 cm³/mol. The Morgan fingerprint density at radius 2 is 1.50 bits per heavy atom. The van der Waals surface area contributed by atoms with Gasteiger partial charge in [0.2, 0.25) is 0 Å². The van der Waals surface area contributed by atoms with Gasteiger partial charge >= 0.3 is 53.1 Å². The van der Waals surface area contributed by atoms with Crippen molar-refractivity contribution in [2.24, 2.45) is 0 Å². The molecule has 0 atom stereocenters. The van der Waals surface area contributed by atoms with Crippen LogP contribution in [0.15, 0.2) is 0 Å². The van der Waals surface area contributed by atoms with Crippen molar-refractivity contribution in [2.45, 2.75) is 0 Å². The molecule has 0 aromatic carbocycles. The van der Waals surface area contributed by atoms with E-state index >= 15 is 0 Å². The fourth-order valence-corrected chi connectivity index (χ4v) is 0. The Kier molecular flexibility index (Phi) is 85.6. The average Bonchev–Trinajstić information content (AvgIpc) is 1.46. The van der Waals surface area contributed by atoms with Gasteiger partial charge in [-0.3, -0.25) is 0 Å². The van der Waals surface area contributed by atoms with Gasteiger partial charge in [-0.05, 0) is 0 Å². The SMILES string of the molecule is O[SiH3].[H-].[Na+].[O]=[V]=[O]. The number of hydrogen-bond donors (Lipinski definition) is 1. The predicted octanol–water partition coefficient (Wildman–Crippen LogP) is -4.86. The maximum absolute atomic E-state index is 8.47. The Bertz CT molecular complexity index is 35.9. The van der Waals surface area contributed by atoms with E-state index in [1.165, 1.54) is 0 Å². The van der Waals surface area contributed by atoms with Gasteiger partial charge in [-0.15, -0.1) is 0 Å². The summed E-state index contributed by atoms with van der Waals surface area (Å²) in [6, 6.07) is 0. The molecule has 0 aliphatic carbocycles. The van der Waals surface area contributed by atoms with Crippen LogP contribution >= 0.6 is 0 Å². The molecule has 0 heterocycles. The van der Waals surface area contributed by atoms with E-state index in [-0.39, 0.29) is 31.0 Å². The first-order valence-corrected chi connectivity index (χ1v) is 2.85. The van der Waals surface area contributed by atoms with Crippen molar-refractivity contribution >= 4 is 10.5 Å². The van der Waals surface area contributed by atoms with E-state index in [2.05, 4.69) is 0 Å². The second kappa shape index (κ2) is 32.8. The van der Waals surface area contributed by atoms with Crippen LogP contribution in [0.25, 0.3) is 0 Å². The number of rotatable bonds is 0. The molecule has 0 saturated carbocycles. The first-order valence-electron chi connectivity index (χ1n) is 0.812. The monoisotopic (exact) mass is 155 g/mol.